The van der Waals surface area contributed by atoms with Gasteiger partial charge >= 0.3 is 5.97 Å². The Labute approximate surface area is 116 Å². The topological polar surface area (TPSA) is 72.3 Å². The predicted molar refractivity (Wildman–Crippen MR) is 72.2 cm³/mol. The maximum atomic E-state index is 11.3. The number of carboxylic acids is 1. The smallest absolute Gasteiger partial charge is 0.341 e. The largest absolute Gasteiger partial charge is 0.477 e. The van der Waals surface area contributed by atoms with E-state index < -0.39 is 5.97 Å². The average molecular weight is 270 g/mol. The van der Waals surface area contributed by atoms with E-state index in [0.29, 0.717) is 17.4 Å². The molecule has 0 aliphatic heterocycles. The SMILES string of the molecule is Cc1nncc(Oc2cccc(C3CC3)c2)c1C(=O)O. The number of hydrogen-bond acceptors (Lipinski definition) is 4. The van der Waals surface area contributed by atoms with E-state index in [1.807, 2.05) is 18.2 Å². The van der Waals surface area contributed by atoms with Gasteiger partial charge in [0.1, 0.15) is 11.3 Å². The van der Waals surface area contributed by atoms with Crippen molar-refractivity contribution < 1.29 is 14.6 Å². The van der Waals surface area contributed by atoms with Gasteiger partial charge in [0.05, 0.1) is 11.9 Å². The summed E-state index contributed by atoms with van der Waals surface area (Å²) in [5.41, 5.74) is 1.63. The molecule has 1 saturated carbocycles. The molecule has 1 aromatic carbocycles. The fourth-order valence-electron chi connectivity index (χ4n) is 2.17. The van der Waals surface area contributed by atoms with Gasteiger partial charge < -0.3 is 9.84 Å². The molecule has 3 rings (SSSR count). The molecular weight excluding hydrogens is 256 g/mol. The molecule has 102 valence electrons. The van der Waals surface area contributed by atoms with Crippen LogP contribution in [0.3, 0.4) is 0 Å². The number of aryl methyl sites for hydroxylation is 1. The van der Waals surface area contributed by atoms with E-state index in [1.165, 1.54) is 24.6 Å². The molecule has 1 N–H and O–H groups in total. The number of ether oxygens (including phenoxy) is 1. The van der Waals surface area contributed by atoms with Crippen molar-refractivity contribution in [2.75, 3.05) is 0 Å². The number of aromatic carboxylic acids is 1. The molecule has 1 heterocycles. The third-order valence-electron chi connectivity index (χ3n) is 3.34. The van der Waals surface area contributed by atoms with Gasteiger partial charge in [-0.25, -0.2) is 4.79 Å². The van der Waals surface area contributed by atoms with Gasteiger partial charge in [0.15, 0.2) is 5.75 Å². The first-order valence-corrected chi connectivity index (χ1v) is 6.48. The number of carbonyl (C=O) groups is 1. The number of benzene rings is 1. The molecule has 20 heavy (non-hydrogen) atoms. The summed E-state index contributed by atoms with van der Waals surface area (Å²) in [6.07, 6.45) is 3.75. The minimum atomic E-state index is -1.06. The minimum absolute atomic E-state index is 0.0526. The molecule has 0 unspecified atom stereocenters. The average Bonchev–Trinajstić information content (AvgIpc) is 3.23. The fraction of sp³-hybridized carbons (Fsp3) is 0.267. The van der Waals surface area contributed by atoms with Crippen LogP contribution in [-0.4, -0.2) is 21.3 Å². The Morgan fingerprint density at radius 3 is 2.90 bits per heavy atom. The van der Waals surface area contributed by atoms with Crippen LogP contribution in [-0.2, 0) is 0 Å². The minimum Gasteiger partial charge on any atom is -0.477 e. The van der Waals surface area contributed by atoms with Gasteiger partial charge in [-0.05, 0) is 43.4 Å². The van der Waals surface area contributed by atoms with Gasteiger partial charge in [0.25, 0.3) is 0 Å². The molecule has 1 aromatic heterocycles. The summed E-state index contributed by atoms with van der Waals surface area (Å²) in [6, 6.07) is 7.76. The lowest BCUT2D eigenvalue weighted by Gasteiger charge is -2.10. The number of rotatable bonds is 4. The van der Waals surface area contributed by atoms with Gasteiger partial charge in [-0.2, -0.15) is 10.2 Å². The summed E-state index contributed by atoms with van der Waals surface area (Å²) in [5.74, 6) is 0.405. The summed E-state index contributed by atoms with van der Waals surface area (Å²) in [7, 11) is 0. The highest BCUT2D eigenvalue weighted by Gasteiger charge is 2.24. The van der Waals surface area contributed by atoms with E-state index in [4.69, 9.17) is 4.74 Å². The molecule has 1 aliphatic carbocycles. The van der Waals surface area contributed by atoms with Crippen LogP contribution in [0.1, 0.15) is 40.4 Å². The lowest BCUT2D eigenvalue weighted by atomic mass is 10.1. The van der Waals surface area contributed by atoms with Crippen LogP contribution in [0.15, 0.2) is 30.5 Å². The van der Waals surface area contributed by atoms with Crippen LogP contribution in [0.2, 0.25) is 0 Å². The summed E-state index contributed by atoms with van der Waals surface area (Å²) in [5, 5.41) is 16.7. The van der Waals surface area contributed by atoms with E-state index in [9.17, 15) is 9.90 Å². The Morgan fingerprint density at radius 1 is 1.40 bits per heavy atom. The first kappa shape index (κ1) is 12.6. The summed E-state index contributed by atoms with van der Waals surface area (Å²) < 4.78 is 5.69. The zero-order chi connectivity index (χ0) is 14.1. The molecule has 5 nitrogen and oxygen atoms in total. The highest BCUT2D eigenvalue weighted by molar-refractivity contribution is 5.91. The first-order chi connectivity index (χ1) is 9.65. The van der Waals surface area contributed by atoms with Gasteiger partial charge in [0.2, 0.25) is 0 Å². The van der Waals surface area contributed by atoms with Crippen LogP contribution in [0.25, 0.3) is 0 Å². The van der Waals surface area contributed by atoms with Gasteiger partial charge in [-0.3, -0.25) is 0 Å². The lowest BCUT2D eigenvalue weighted by Crippen LogP contribution is -2.06. The summed E-state index contributed by atoms with van der Waals surface area (Å²) in [4.78, 5) is 11.3. The van der Waals surface area contributed by atoms with Crippen molar-refractivity contribution in [1.29, 1.82) is 0 Å². The normalized spacial score (nSPS) is 14.1. The van der Waals surface area contributed by atoms with E-state index in [1.54, 1.807) is 6.92 Å². The highest BCUT2D eigenvalue weighted by Crippen LogP contribution is 2.41. The Balaban J connectivity index is 1.93. The third kappa shape index (κ3) is 2.47. The van der Waals surface area contributed by atoms with Gasteiger partial charge in [0, 0.05) is 0 Å². The molecule has 1 aliphatic rings. The molecule has 0 radical (unpaired) electrons. The van der Waals surface area contributed by atoms with Crippen LogP contribution in [0.5, 0.6) is 11.5 Å². The molecule has 2 aromatic rings. The zero-order valence-corrected chi connectivity index (χ0v) is 11.0. The molecule has 0 atom stereocenters. The fourth-order valence-corrected chi connectivity index (χ4v) is 2.17. The second-order valence-corrected chi connectivity index (χ2v) is 4.92. The second kappa shape index (κ2) is 4.92. The lowest BCUT2D eigenvalue weighted by molar-refractivity contribution is 0.0692. The second-order valence-electron chi connectivity index (χ2n) is 4.92. The Hall–Kier alpha value is -2.43. The van der Waals surface area contributed by atoms with Crippen molar-refractivity contribution >= 4 is 5.97 Å². The molecule has 1 fully saturated rings. The number of nitrogens with zero attached hydrogens (tertiary/aromatic N) is 2. The Morgan fingerprint density at radius 2 is 2.20 bits per heavy atom. The third-order valence-corrected chi connectivity index (χ3v) is 3.34. The van der Waals surface area contributed by atoms with E-state index >= 15 is 0 Å². The monoisotopic (exact) mass is 270 g/mol. The Bertz CT molecular complexity index is 666. The van der Waals surface area contributed by atoms with Crippen molar-refractivity contribution in [3.05, 3.63) is 47.3 Å². The molecular formula is C15H14N2O3. The van der Waals surface area contributed by atoms with Crippen molar-refractivity contribution in [1.82, 2.24) is 10.2 Å². The summed E-state index contributed by atoms with van der Waals surface area (Å²) in [6.45, 7) is 1.60. The molecule has 0 bridgehead atoms. The quantitative estimate of drug-likeness (QED) is 0.923. The predicted octanol–water partition coefficient (Wildman–Crippen LogP) is 3.15. The van der Waals surface area contributed by atoms with Crippen LogP contribution in [0.4, 0.5) is 0 Å². The van der Waals surface area contributed by atoms with E-state index in [-0.39, 0.29) is 11.3 Å². The van der Waals surface area contributed by atoms with Crippen molar-refractivity contribution in [3.63, 3.8) is 0 Å². The van der Waals surface area contributed by atoms with Crippen LogP contribution < -0.4 is 4.74 Å². The van der Waals surface area contributed by atoms with Crippen LogP contribution in [0, 0.1) is 6.92 Å². The van der Waals surface area contributed by atoms with Crippen molar-refractivity contribution in [3.8, 4) is 11.5 Å². The number of hydrogen-bond donors (Lipinski definition) is 1. The van der Waals surface area contributed by atoms with Crippen molar-refractivity contribution in [2.24, 2.45) is 0 Å². The van der Waals surface area contributed by atoms with Gasteiger partial charge in [-0.15, -0.1) is 0 Å². The molecule has 0 amide bonds. The molecule has 0 spiro atoms. The van der Waals surface area contributed by atoms with Crippen LogP contribution >= 0.6 is 0 Å². The number of carboxylic acid groups (broad SMARTS) is 1. The Kier molecular flexibility index (Phi) is 3.10. The van der Waals surface area contributed by atoms with Crippen molar-refractivity contribution in [2.45, 2.75) is 25.7 Å². The standard InChI is InChI=1S/C15H14N2O3/c1-9-14(15(18)19)13(8-16-17-9)20-12-4-2-3-11(7-12)10-5-6-10/h2-4,7-8,10H,5-6H2,1H3,(H,18,19). The maximum absolute atomic E-state index is 11.3. The molecule has 5 heteroatoms. The van der Waals surface area contributed by atoms with E-state index in [2.05, 4.69) is 16.3 Å². The van der Waals surface area contributed by atoms with Gasteiger partial charge in [-0.1, -0.05) is 12.1 Å². The maximum Gasteiger partial charge on any atom is 0.341 e. The first-order valence-electron chi connectivity index (χ1n) is 6.48. The zero-order valence-electron chi connectivity index (χ0n) is 11.0. The summed E-state index contributed by atoms with van der Waals surface area (Å²) >= 11 is 0. The number of aromatic nitrogens is 2. The highest BCUT2D eigenvalue weighted by atomic mass is 16.5. The molecule has 0 saturated heterocycles. The van der Waals surface area contributed by atoms with E-state index in [0.717, 1.165) is 0 Å².